The summed E-state index contributed by atoms with van der Waals surface area (Å²) in [4.78, 5) is 0. The van der Waals surface area contributed by atoms with Gasteiger partial charge >= 0.3 is 0 Å². The predicted octanol–water partition coefficient (Wildman–Crippen LogP) is 1.04. The van der Waals surface area contributed by atoms with Gasteiger partial charge in [-0.25, -0.2) is 5.43 Å². The Kier molecular flexibility index (Phi) is 5.18. The molecule has 0 saturated heterocycles. The first-order valence-corrected chi connectivity index (χ1v) is 3.46. The molecule has 0 aromatic rings. The Morgan fingerprint density at radius 1 is 1.62 bits per heavy atom. The molecule has 0 radical (unpaired) electrons. The second-order valence-corrected chi connectivity index (χ2v) is 1.96. The van der Waals surface area contributed by atoms with E-state index < -0.39 is 0 Å². The third kappa shape index (κ3) is 3.08. The molecule has 1 N–H and O–H groups in total. The number of nitrogens with one attached hydrogen (secondary N) is 1. The van der Waals surface area contributed by atoms with Crippen LogP contribution in [0.1, 0.15) is 13.8 Å². The van der Waals surface area contributed by atoms with Crippen LogP contribution in [0.2, 0.25) is 0 Å². The van der Waals surface area contributed by atoms with Crippen LogP contribution in [0.5, 0.6) is 0 Å². The third-order valence-electron chi connectivity index (χ3n) is 0.739. The van der Waals surface area contributed by atoms with Crippen molar-refractivity contribution in [2.45, 2.75) is 13.8 Å². The Hall–Kier alpha value is 0.0200. The number of hydrazine groups is 1. The zero-order chi connectivity index (χ0) is 6.41. The lowest BCUT2D eigenvalue weighted by Crippen LogP contribution is -2.28. The van der Waals surface area contributed by atoms with Gasteiger partial charge in [0.1, 0.15) is 0 Å². The molecule has 0 aliphatic heterocycles. The summed E-state index contributed by atoms with van der Waals surface area (Å²) < 4.78 is 11.7. The first-order valence-electron chi connectivity index (χ1n) is 2.69. The van der Waals surface area contributed by atoms with E-state index in [2.05, 4.69) is 5.43 Å². The summed E-state index contributed by atoms with van der Waals surface area (Å²) in [7, 11) is 0.0473. The minimum Gasteiger partial charge on any atom is -0.254 e. The molecule has 0 amide bonds. The van der Waals surface area contributed by atoms with Gasteiger partial charge in [-0.1, -0.05) is 13.8 Å². The highest BCUT2D eigenvalue weighted by Gasteiger charge is 1.93. The molecule has 0 unspecified atom stereocenters. The van der Waals surface area contributed by atoms with Crippen molar-refractivity contribution >= 4 is 8.61 Å². The van der Waals surface area contributed by atoms with Gasteiger partial charge in [-0.3, -0.25) is 4.57 Å². The maximum absolute atomic E-state index is 10.1. The Morgan fingerprint density at radius 3 is 2.38 bits per heavy atom. The van der Waals surface area contributed by atoms with E-state index in [9.17, 15) is 4.57 Å². The zero-order valence-corrected chi connectivity index (χ0v) is 6.11. The van der Waals surface area contributed by atoms with Crippen molar-refractivity contribution in [2.24, 2.45) is 0 Å². The standard InChI is InChI=1S/C4H11N2OP/c1-3-5-6(4-2)8-7/h5H,3-4H2,1-2H3. The van der Waals surface area contributed by atoms with E-state index >= 15 is 0 Å². The van der Waals surface area contributed by atoms with Crippen LogP contribution in [0.25, 0.3) is 0 Å². The topological polar surface area (TPSA) is 32.3 Å². The van der Waals surface area contributed by atoms with Crippen LogP contribution in [0.4, 0.5) is 0 Å². The fraction of sp³-hybridized carbons (Fsp3) is 1.00. The Labute approximate surface area is 51.3 Å². The van der Waals surface area contributed by atoms with Crippen molar-refractivity contribution in [2.75, 3.05) is 13.1 Å². The lowest BCUT2D eigenvalue weighted by atomic mass is 10.8. The molecule has 0 aromatic carbocycles. The summed E-state index contributed by atoms with van der Waals surface area (Å²) in [6, 6.07) is 0. The van der Waals surface area contributed by atoms with Gasteiger partial charge in [0, 0.05) is 13.1 Å². The second-order valence-electron chi connectivity index (χ2n) is 1.31. The number of hydrogen-bond donors (Lipinski definition) is 1. The van der Waals surface area contributed by atoms with Crippen molar-refractivity contribution in [3.8, 4) is 0 Å². The molecule has 0 fully saturated rings. The molecule has 4 heteroatoms. The molecule has 0 aromatic heterocycles. The second kappa shape index (κ2) is 5.16. The van der Waals surface area contributed by atoms with Gasteiger partial charge in [0.25, 0.3) is 8.61 Å². The molecule has 3 nitrogen and oxygen atoms in total. The largest absolute Gasteiger partial charge is 0.264 e. The van der Waals surface area contributed by atoms with Crippen LogP contribution in [0, 0.1) is 0 Å². The number of rotatable bonds is 4. The first-order chi connectivity index (χ1) is 3.85. The first kappa shape index (κ1) is 8.02. The maximum Gasteiger partial charge on any atom is 0.264 e. The summed E-state index contributed by atoms with van der Waals surface area (Å²) >= 11 is 0. The fourth-order valence-electron chi connectivity index (χ4n) is 0.381. The van der Waals surface area contributed by atoms with Gasteiger partial charge in [0.05, 0.1) is 0 Å². The molecule has 0 heterocycles. The van der Waals surface area contributed by atoms with Crippen molar-refractivity contribution in [1.29, 1.82) is 0 Å². The molecule has 0 bridgehead atoms. The molecule has 0 rings (SSSR count). The SMILES string of the molecule is CCNN(CC)P=O. The molecular formula is C4H11N2OP. The summed E-state index contributed by atoms with van der Waals surface area (Å²) in [5, 5.41) is 0. The van der Waals surface area contributed by atoms with Crippen molar-refractivity contribution in [3.05, 3.63) is 0 Å². The molecule has 0 aliphatic carbocycles. The molecule has 8 heavy (non-hydrogen) atoms. The van der Waals surface area contributed by atoms with Gasteiger partial charge < -0.3 is 0 Å². The van der Waals surface area contributed by atoms with Gasteiger partial charge in [-0.2, -0.15) is 4.78 Å². The molecular weight excluding hydrogens is 123 g/mol. The highest BCUT2D eigenvalue weighted by atomic mass is 31.1. The highest BCUT2D eigenvalue weighted by Crippen LogP contribution is 1.96. The molecule has 0 spiro atoms. The number of hydrogen-bond acceptors (Lipinski definition) is 2. The molecule has 0 saturated carbocycles. The molecule has 0 atom stereocenters. The quantitative estimate of drug-likeness (QED) is 0.460. The van der Waals surface area contributed by atoms with Crippen molar-refractivity contribution < 1.29 is 4.57 Å². The van der Waals surface area contributed by atoms with E-state index in [1.165, 1.54) is 0 Å². The van der Waals surface area contributed by atoms with Crippen LogP contribution in [0.15, 0.2) is 0 Å². The lowest BCUT2D eigenvalue weighted by molar-refractivity contribution is 0.356. The van der Waals surface area contributed by atoms with E-state index in [4.69, 9.17) is 0 Å². The van der Waals surface area contributed by atoms with Crippen molar-refractivity contribution in [1.82, 2.24) is 10.2 Å². The lowest BCUT2D eigenvalue weighted by Gasteiger charge is -2.08. The van der Waals surface area contributed by atoms with E-state index in [0.717, 1.165) is 13.1 Å². The van der Waals surface area contributed by atoms with E-state index in [1.807, 2.05) is 13.8 Å². The third-order valence-corrected chi connectivity index (χ3v) is 1.36. The average Bonchev–Trinajstić information content (AvgIpc) is 1.83. The Bertz CT molecular complexity index is 69.1. The average molecular weight is 134 g/mol. The van der Waals surface area contributed by atoms with Crippen LogP contribution in [0.3, 0.4) is 0 Å². The minimum atomic E-state index is 0.0473. The molecule has 48 valence electrons. The van der Waals surface area contributed by atoms with E-state index in [0.29, 0.717) is 0 Å². The van der Waals surface area contributed by atoms with Gasteiger partial charge in [-0.05, 0) is 0 Å². The minimum absolute atomic E-state index is 0.0473. The zero-order valence-electron chi connectivity index (χ0n) is 5.22. The summed E-state index contributed by atoms with van der Waals surface area (Å²) in [6.45, 7) is 5.49. The molecule has 0 aliphatic rings. The van der Waals surface area contributed by atoms with Crippen LogP contribution >= 0.6 is 8.61 Å². The monoisotopic (exact) mass is 134 g/mol. The summed E-state index contributed by atoms with van der Waals surface area (Å²) in [5.74, 6) is 0. The van der Waals surface area contributed by atoms with Crippen molar-refractivity contribution in [3.63, 3.8) is 0 Å². The fourth-order valence-corrected chi connectivity index (χ4v) is 0.696. The van der Waals surface area contributed by atoms with Gasteiger partial charge in [0.15, 0.2) is 0 Å². The van der Waals surface area contributed by atoms with E-state index in [-0.39, 0.29) is 8.61 Å². The van der Waals surface area contributed by atoms with Crippen LogP contribution in [-0.2, 0) is 4.57 Å². The maximum atomic E-state index is 10.1. The van der Waals surface area contributed by atoms with E-state index in [1.54, 1.807) is 4.78 Å². The van der Waals surface area contributed by atoms with Crippen LogP contribution in [-0.4, -0.2) is 17.9 Å². The van der Waals surface area contributed by atoms with Gasteiger partial charge in [-0.15, -0.1) is 0 Å². The normalized spacial score (nSPS) is 10.9. The summed E-state index contributed by atoms with van der Waals surface area (Å²) in [5.41, 5.74) is 2.89. The summed E-state index contributed by atoms with van der Waals surface area (Å²) in [6.07, 6.45) is 0. The number of nitrogens with zero attached hydrogens (tertiary/aromatic N) is 1. The highest BCUT2D eigenvalue weighted by molar-refractivity contribution is 7.20. The van der Waals surface area contributed by atoms with Crippen LogP contribution < -0.4 is 5.43 Å². The Balaban J connectivity index is 3.21. The van der Waals surface area contributed by atoms with Gasteiger partial charge in [0.2, 0.25) is 0 Å². The predicted molar refractivity (Wildman–Crippen MR) is 33.7 cm³/mol. The smallest absolute Gasteiger partial charge is 0.254 e. The Morgan fingerprint density at radius 2 is 2.25 bits per heavy atom.